The van der Waals surface area contributed by atoms with E-state index in [9.17, 15) is 13.2 Å². The molecule has 7 heteroatoms. The van der Waals surface area contributed by atoms with Gasteiger partial charge in [-0.2, -0.15) is 0 Å². The fourth-order valence-corrected chi connectivity index (χ4v) is 4.28. The summed E-state index contributed by atoms with van der Waals surface area (Å²) in [6.45, 7) is 10.3. The molecule has 0 radical (unpaired) electrons. The van der Waals surface area contributed by atoms with Crippen molar-refractivity contribution >= 4 is 21.6 Å². The van der Waals surface area contributed by atoms with Crippen LogP contribution >= 0.6 is 0 Å². The molecule has 0 heterocycles. The molecule has 1 amide bonds. The molecule has 0 saturated carbocycles. The number of hydrogen-bond donors (Lipinski definition) is 1. The van der Waals surface area contributed by atoms with Crippen molar-refractivity contribution in [2.45, 2.75) is 40.0 Å². The number of nitrogens with zero attached hydrogens (tertiary/aromatic N) is 1. The van der Waals surface area contributed by atoms with Crippen molar-refractivity contribution in [2.24, 2.45) is 0 Å². The third-order valence-corrected chi connectivity index (χ3v) is 5.87. The number of carbonyl (C=O) groups excluding carboxylic acids is 1. The fourth-order valence-electron chi connectivity index (χ4n) is 3.31. The highest BCUT2D eigenvalue weighted by atomic mass is 32.2. The number of nitrogens with one attached hydrogen (secondary N) is 1. The molecular weight excluding hydrogens is 400 g/mol. The summed E-state index contributed by atoms with van der Waals surface area (Å²) in [4.78, 5) is 12.5. The van der Waals surface area contributed by atoms with Gasteiger partial charge in [-0.15, -0.1) is 0 Å². The Morgan fingerprint density at radius 3 is 2.20 bits per heavy atom. The topological polar surface area (TPSA) is 75.7 Å². The lowest BCUT2D eigenvalue weighted by molar-refractivity contribution is -0.119. The van der Waals surface area contributed by atoms with Crippen molar-refractivity contribution in [3.05, 3.63) is 59.2 Å². The van der Waals surface area contributed by atoms with E-state index in [4.69, 9.17) is 4.74 Å². The highest BCUT2D eigenvalue weighted by Gasteiger charge is 2.24. The molecule has 0 aliphatic carbocycles. The summed E-state index contributed by atoms with van der Waals surface area (Å²) in [5.74, 6) is 0.406. The Morgan fingerprint density at radius 2 is 1.63 bits per heavy atom. The van der Waals surface area contributed by atoms with Crippen LogP contribution in [0, 0.1) is 13.8 Å². The van der Waals surface area contributed by atoms with E-state index in [0.717, 1.165) is 33.0 Å². The molecule has 0 atom stereocenters. The average Bonchev–Trinajstić information content (AvgIpc) is 2.63. The Kier molecular flexibility index (Phi) is 7.53. The number of hydrogen-bond acceptors (Lipinski definition) is 4. The van der Waals surface area contributed by atoms with Gasteiger partial charge < -0.3 is 10.1 Å². The first-order valence-electron chi connectivity index (χ1n) is 9.94. The van der Waals surface area contributed by atoms with E-state index < -0.39 is 10.0 Å². The van der Waals surface area contributed by atoms with Crippen LogP contribution in [0.2, 0.25) is 0 Å². The number of ether oxygens (including phenoxy) is 1. The number of amides is 1. The predicted octanol–water partition coefficient (Wildman–Crippen LogP) is 3.56. The van der Waals surface area contributed by atoms with Crippen LogP contribution in [0.1, 0.15) is 37.5 Å². The van der Waals surface area contributed by atoms with Crippen LogP contribution in [0.15, 0.2) is 42.5 Å². The number of carbonyl (C=O) groups is 1. The standard InChI is InChI=1S/C23H32N2O4S/c1-17-10-9-11-18(2)22(17)25(30(6,27)28)16-21(26)24-14-15-29-20-13-8-7-12-19(20)23(3,4)5/h7-13H,14-16H2,1-6H3,(H,24,26). The monoisotopic (exact) mass is 432 g/mol. The molecule has 0 aliphatic heterocycles. The van der Waals surface area contributed by atoms with E-state index in [1.54, 1.807) is 0 Å². The second-order valence-corrected chi connectivity index (χ2v) is 10.4. The lowest BCUT2D eigenvalue weighted by Crippen LogP contribution is -2.42. The molecule has 6 nitrogen and oxygen atoms in total. The molecule has 0 unspecified atom stereocenters. The van der Waals surface area contributed by atoms with Crippen molar-refractivity contribution in [3.8, 4) is 5.75 Å². The van der Waals surface area contributed by atoms with Crippen molar-refractivity contribution in [1.82, 2.24) is 5.32 Å². The third kappa shape index (κ3) is 6.23. The van der Waals surface area contributed by atoms with Gasteiger partial charge in [-0.25, -0.2) is 8.42 Å². The van der Waals surface area contributed by atoms with Crippen molar-refractivity contribution in [2.75, 3.05) is 30.3 Å². The molecule has 164 valence electrons. The minimum absolute atomic E-state index is 0.0543. The van der Waals surface area contributed by atoms with Crippen molar-refractivity contribution in [3.63, 3.8) is 0 Å². The van der Waals surface area contributed by atoms with E-state index in [1.165, 1.54) is 0 Å². The van der Waals surface area contributed by atoms with Gasteiger partial charge in [0.2, 0.25) is 15.9 Å². The second-order valence-electron chi connectivity index (χ2n) is 8.45. The van der Waals surface area contributed by atoms with E-state index in [1.807, 2.05) is 56.3 Å². The maximum Gasteiger partial charge on any atom is 0.240 e. The van der Waals surface area contributed by atoms with Crippen molar-refractivity contribution in [1.29, 1.82) is 0 Å². The highest BCUT2D eigenvalue weighted by molar-refractivity contribution is 7.92. The molecule has 0 aliphatic rings. The zero-order valence-corrected chi connectivity index (χ0v) is 19.5. The summed E-state index contributed by atoms with van der Waals surface area (Å²) in [6, 6.07) is 13.4. The largest absolute Gasteiger partial charge is 0.491 e. The summed E-state index contributed by atoms with van der Waals surface area (Å²) >= 11 is 0. The summed E-state index contributed by atoms with van der Waals surface area (Å²) in [7, 11) is -3.61. The first kappa shape index (κ1) is 23.7. The Bertz CT molecular complexity index is 974. The normalized spacial score (nSPS) is 11.8. The first-order valence-corrected chi connectivity index (χ1v) is 11.8. The lowest BCUT2D eigenvalue weighted by Gasteiger charge is -2.25. The second kappa shape index (κ2) is 9.51. The molecular formula is C23H32N2O4S. The lowest BCUT2D eigenvalue weighted by atomic mass is 9.86. The highest BCUT2D eigenvalue weighted by Crippen LogP contribution is 2.31. The summed E-state index contributed by atoms with van der Waals surface area (Å²) in [5.41, 5.74) is 3.19. The molecule has 0 aromatic heterocycles. The van der Waals surface area contributed by atoms with E-state index in [-0.39, 0.29) is 24.4 Å². The number of sulfonamides is 1. The van der Waals surface area contributed by atoms with Gasteiger partial charge in [0, 0.05) is 0 Å². The van der Waals surface area contributed by atoms with Crippen LogP contribution in [0.5, 0.6) is 5.75 Å². The van der Waals surface area contributed by atoms with Crippen LogP contribution in [0.3, 0.4) is 0 Å². The van der Waals surface area contributed by atoms with Gasteiger partial charge in [0.1, 0.15) is 18.9 Å². The Balaban J connectivity index is 2.00. The van der Waals surface area contributed by atoms with Crippen LogP contribution in [0.4, 0.5) is 5.69 Å². The first-order chi connectivity index (χ1) is 13.9. The molecule has 0 saturated heterocycles. The molecule has 1 N–H and O–H groups in total. The number of anilines is 1. The molecule has 30 heavy (non-hydrogen) atoms. The zero-order chi connectivity index (χ0) is 22.5. The molecule has 0 spiro atoms. The number of benzene rings is 2. The molecule has 0 bridgehead atoms. The van der Waals surface area contributed by atoms with Crippen molar-refractivity contribution < 1.29 is 17.9 Å². The van der Waals surface area contributed by atoms with Gasteiger partial charge in [-0.1, -0.05) is 57.2 Å². The van der Waals surface area contributed by atoms with E-state index in [2.05, 4.69) is 26.1 Å². The average molecular weight is 433 g/mol. The van der Waals surface area contributed by atoms with Crippen LogP contribution in [-0.2, 0) is 20.2 Å². The zero-order valence-electron chi connectivity index (χ0n) is 18.7. The van der Waals surface area contributed by atoms with Crippen LogP contribution in [0.25, 0.3) is 0 Å². The molecule has 0 fully saturated rings. The van der Waals surface area contributed by atoms with Gasteiger partial charge in [0.15, 0.2) is 0 Å². The minimum atomic E-state index is -3.61. The van der Waals surface area contributed by atoms with Gasteiger partial charge >= 0.3 is 0 Å². The Morgan fingerprint density at radius 1 is 1.03 bits per heavy atom. The summed E-state index contributed by atoms with van der Waals surface area (Å²) < 4.78 is 31.7. The van der Waals surface area contributed by atoms with Gasteiger partial charge in [0.25, 0.3) is 0 Å². The van der Waals surface area contributed by atoms with Gasteiger partial charge in [0.05, 0.1) is 18.5 Å². The molecule has 2 rings (SSSR count). The smallest absolute Gasteiger partial charge is 0.240 e. The van der Waals surface area contributed by atoms with Gasteiger partial charge in [-0.3, -0.25) is 9.10 Å². The SMILES string of the molecule is Cc1cccc(C)c1N(CC(=O)NCCOc1ccccc1C(C)(C)C)S(C)(=O)=O. The summed E-state index contributed by atoms with van der Waals surface area (Å²) in [5, 5.41) is 2.75. The number of aryl methyl sites for hydroxylation is 2. The predicted molar refractivity (Wildman–Crippen MR) is 122 cm³/mol. The van der Waals surface area contributed by atoms with E-state index in [0.29, 0.717) is 12.3 Å². The Labute approximate surface area is 180 Å². The Hall–Kier alpha value is -2.54. The van der Waals surface area contributed by atoms with Crippen LogP contribution in [-0.4, -0.2) is 40.3 Å². The van der Waals surface area contributed by atoms with Gasteiger partial charge in [-0.05, 0) is 42.0 Å². The van der Waals surface area contributed by atoms with Crippen LogP contribution < -0.4 is 14.4 Å². The minimum Gasteiger partial charge on any atom is -0.491 e. The number of rotatable bonds is 8. The fraction of sp³-hybridized carbons (Fsp3) is 0.435. The molecule has 2 aromatic rings. The third-order valence-electron chi connectivity index (χ3n) is 4.75. The van der Waals surface area contributed by atoms with E-state index >= 15 is 0 Å². The maximum absolute atomic E-state index is 12.5. The molecule has 2 aromatic carbocycles. The summed E-state index contributed by atoms with van der Waals surface area (Å²) in [6.07, 6.45) is 1.11. The maximum atomic E-state index is 12.5. The number of para-hydroxylation sites is 2. The quantitative estimate of drug-likeness (QED) is 0.647.